The number of hydrogen-bond acceptors (Lipinski definition) is 3. The molecule has 1 heterocycles. The molecule has 1 N–H and O–H groups in total. The lowest BCUT2D eigenvalue weighted by atomic mass is 9.71. The van der Waals surface area contributed by atoms with Crippen LogP contribution in [0.1, 0.15) is 52.4 Å². The quantitative estimate of drug-likeness (QED) is 0.823. The summed E-state index contributed by atoms with van der Waals surface area (Å²) in [6.45, 7) is 11.2. The van der Waals surface area contributed by atoms with Crippen molar-refractivity contribution in [2.24, 2.45) is 17.8 Å². The Morgan fingerprint density at radius 1 is 1.26 bits per heavy atom. The van der Waals surface area contributed by atoms with E-state index >= 15 is 0 Å². The topological polar surface area (TPSA) is 42.7 Å². The molecule has 4 nitrogen and oxygen atoms in total. The fraction of sp³-hybridized carbons (Fsp3) is 0.867. The van der Waals surface area contributed by atoms with Gasteiger partial charge >= 0.3 is 0 Å². The van der Waals surface area contributed by atoms with Crippen LogP contribution < -0.4 is 5.32 Å². The van der Waals surface area contributed by atoms with Gasteiger partial charge in [-0.3, -0.25) is 0 Å². The Morgan fingerprint density at radius 2 is 2.00 bits per heavy atom. The van der Waals surface area contributed by atoms with Crippen molar-refractivity contribution in [1.82, 2.24) is 20.1 Å². The molecule has 0 radical (unpaired) electrons. The zero-order valence-electron chi connectivity index (χ0n) is 12.8. The first-order chi connectivity index (χ1) is 9.08. The van der Waals surface area contributed by atoms with E-state index in [1.807, 2.05) is 0 Å². The molecule has 0 aromatic carbocycles. The molecule has 19 heavy (non-hydrogen) atoms. The van der Waals surface area contributed by atoms with Gasteiger partial charge in [-0.2, -0.15) is 5.10 Å². The van der Waals surface area contributed by atoms with Gasteiger partial charge in [-0.15, -0.1) is 0 Å². The fourth-order valence-electron chi connectivity index (χ4n) is 2.82. The molecule has 0 amide bonds. The predicted molar refractivity (Wildman–Crippen MR) is 78.0 cm³/mol. The van der Waals surface area contributed by atoms with Crippen LogP contribution in [0.2, 0.25) is 0 Å². The van der Waals surface area contributed by atoms with Gasteiger partial charge in [0.25, 0.3) is 0 Å². The molecule has 1 aromatic rings. The van der Waals surface area contributed by atoms with Crippen LogP contribution in [-0.4, -0.2) is 27.9 Å². The maximum Gasteiger partial charge on any atom is 0.138 e. The van der Waals surface area contributed by atoms with E-state index in [9.17, 15) is 0 Å². The lowest BCUT2D eigenvalue weighted by Crippen LogP contribution is -2.38. The Labute approximate surface area is 117 Å². The van der Waals surface area contributed by atoms with Crippen molar-refractivity contribution >= 4 is 0 Å². The average Bonchev–Trinajstić information content (AvgIpc) is 2.78. The zero-order valence-corrected chi connectivity index (χ0v) is 12.8. The molecule has 1 aliphatic rings. The van der Waals surface area contributed by atoms with Crippen molar-refractivity contribution < 1.29 is 0 Å². The second kappa shape index (κ2) is 6.51. The highest BCUT2D eigenvalue weighted by Crippen LogP contribution is 2.36. The SMILES string of the molecule is CC(C)CNCC1CCC1Cc1ncnn1C(C)C. The Hall–Kier alpha value is -0.900. The summed E-state index contributed by atoms with van der Waals surface area (Å²) < 4.78 is 2.07. The standard InChI is InChI=1S/C15H28N4/c1-11(2)8-16-9-14-6-5-13(14)7-15-17-10-18-19(15)12(3)4/h10-14,16H,5-9H2,1-4H3. The van der Waals surface area contributed by atoms with Gasteiger partial charge in [0.2, 0.25) is 0 Å². The molecule has 1 aromatic heterocycles. The van der Waals surface area contributed by atoms with E-state index in [0.29, 0.717) is 6.04 Å². The van der Waals surface area contributed by atoms with Crippen LogP contribution in [0, 0.1) is 17.8 Å². The molecule has 108 valence electrons. The summed E-state index contributed by atoms with van der Waals surface area (Å²) in [4.78, 5) is 4.43. The van der Waals surface area contributed by atoms with Crippen LogP contribution in [0.4, 0.5) is 0 Å². The second-order valence-electron chi connectivity index (χ2n) is 6.57. The van der Waals surface area contributed by atoms with E-state index in [2.05, 4.69) is 47.8 Å². The van der Waals surface area contributed by atoms with Crippen LogP contribution in [0.15, 0.2) is 6.33 Å². The van der Waals surface area contributed by atoms with Gasteiger partial charge in [-0.25, -0.2) is 9.67 Å². The Balaban J connectivity index is 1.81. The van der Waals surface area contributed by atoms with Crippen molar-refractivity contribution in [2.45, 2.75) is 53.0 Å². The van der Waals surface area contributed by atoms with Gasteiger partial charge in [0.15, 0.2) is 0 Å². The van der Waals surface area contributed by atoms with E-state index in [1.165, 1.54) is 19.4 Å². The molecule has 0 saturated heterocycles. The average molecular weight is 264 g/mol. The highest BCUT2D eigenvalue weighted by atomic mass is 15.3. The van der Waals surface area contributed by atoms with Crippen LogP contribution >= 0.6 is 0 Å². The minimum atomic E-state index is 0.412. The highest BCUT2D eigenvalue weighted by molar-refractivity contribution is 4.94. The first kappa shape index (κ1) is 14.5. The molecule has 2 atom stereocenters. The number of aromatic nitrogens is 3. The third-order valence-corrected chi connectivity index (χ3v) is 4.12. The molecule has 0 spiro atoms. The monoisotopic (exact) mass is 264 g/mol. The van der Waals surface area contributed by atoms with Gasteiger partial charge in [0.05, 0.1) is 0 Å². The minimum Gasteiger partial charge on any atom is -0.316 e. The molecule has 2 unspecified atom stereocenters. The van der Waals surface area contributed by atoms with Crippen molar-refractivity contribution in [2.75, 3.05) is 13.1 Å². The summed E-state index contributed by atoms with van der Waals surface area (Å²) in [5.41, 5.74) is 0. The molecule has 0 bridgehead atoms. The highest BCUT2D eigenvalue weighted by Gasteiger charge is 2.31. The van der Waals surface area contributed by atoms with Gasteiger partial charge in [-0.1, -0.05) is 13.8 Å². The summed E-state index contributed by atoms with van der Waals surface area (Å²) in [7, 11) is 0. The molecular formula is C15H28N4. The molecule has 1 saturated carbocycles. The van der Waals surface area contributed by atoms with Crippen LogP contribution in [-0.2, 0) is 6.42 Å². The second-order valence-corrected chi connectivity index (χ2v) is 6.57. The van der Waals surface area contributed by atoms with Gasteiger partial charge < -0.3 is 5.32 Å². The number of nitrogens with one attached hydrogen (secondary N) is 1. The van der Waals surface area contributed by atoms with E-state index in [1.54, 1.807) is 6.33 Å². The molecule has 1 fully saturated rings. The molecule has 0 aliphatic heterocycles. The Bertz CT molecular complexity index is 383. The smallest absolute Gasteiger partial charge is 0.138 e. The van der Waals surface area contributed by atoms with Crippen molar-refractivity contribution in [3.8, 4) is 0 Å². The Morgan fingerprint density at radius 3 is 2.58 bits per heavy atom. The molecule has 2 rings (SSSR count). The lowest BCUT2D eigenvalue weighted by Gasteiger charge is -2.37. The number of rotatable bonds is 7. The van der Waals surface area contributed by atoms with E-state index in [0.717, 1.165) is 36.5 Å². The first-order valence-corrected chi connectivity index (χ1v) is 7.67. The van der Waals surface area contributed by atoms with Crippen LogP contribution in [0.5, 0.6) is 0 Å². The van der Waals surface area contributed by atoms with Crippen LogP contribution in [0.25, 0.3) is 0 Å². The third-order valence-electron chi connectivity index (χ3n) is 4.12. The van der Waals surface area contributed by atoms with Gasteiger partial charge in [-0.05, 0) is 57.5 Å². The van der Waals surface area contributed by atoms with E-state index in [-0.39, 0.29) is 0 Å². The molecule has 4 heteroatoms. The zero-order chi connectivity index (χ0) is 13.8. The van der Waals surface area contributed by atoms with Gasteiger partial charge in [0, 0.05) is 12.5 Å². The number of hydrogen-bond donors (Lipinski definition) is 1. The first-order valence-electron chi connectivity index (χ1n) is 7.67. The Kier molecular flexibility index (Phi) is 4.97. The van der Waals surface area contributed by atoms with Crippen molar-refractivity contribution in [1.29, 1.82) is 0 Å². The van der Waals surface area contributed by atoms with Crippen molar-refractivity contribution in [3.05, 3.63) is 12.2 Å². The van der Waals surface area contributed by atoms with Crippen LogP contribution in [0.3, 0.4) is 0 Å². The largest absolute Gasteiger partial charge is 0.316 e. The minimum absolute atomic E-state index is 0.412. The summed E-state index contributed by atoms with van der Waals surface area (Å²) in [5.74, 6) is 3.52. The van der Waals surface area contributed by atoms with E-state index < -0.39 is 0 Å². The fourth-order valence-corrected chi connectivity index (χ4v) is 2.82. The summed E-state index contributed by atoms with van der Waals surface area (Å²) in [5, 5.41) is 7.92. The third kappa shape index (κ3) is 3.78. The summed E-state index contributed by atoms with van der Waals surface area (Å²) in [6.07, 6.45) is 5.50. The predicted octanol–water partition coefficient (Wildman–Crippen LogP) is 2.67. The van der Waals surface area contributed by atoms with Gasteiger partial charge in [0.1, 0.15) is 12.2 Å². The van der Waals surface area contributed by atoms with E-state index in [4.69, 9.17) is 0 Å². The molecule has 1 aliphatic carbocycles. The summed E-state index contributed by atoms with van der Waals surface area (Å²) in [6, 6.07) is 0.412. The maximum atomic E-state index is 4.43. The summed E-state index contributed by atoms with van der Waals surface area (Å²) >= 11 is 0. The van der Waals surface area contributed by atoms with Crippen molar-refractivity contribution in [3.63, 3.8) is 0 Å². The maximum absolute atomic E-state index is 4.43. The normalized spacial score (nSPS) is 23.1. The molecular weight excluding hydrogens is 236 g/mol. The number of nitrogens with zero attached hydrogens (tertiary/aromatic N) is 3. The lowest BCUT2D eigenvalue weighted by molar-refractivity contribution is 0.165.